The van der Waals surface area contributed by atoms with Crippen molar-refractivity contribution in [3.63, 3.8) is 0 Å². The lowest BCUT2D eigenvalue weighted by molar-refractivity contribution is 0.515. The van der Waals surface area contributed by atoms with Crippen molar-refractivity contribution in [2.45, 2.75) is 32.4 Å². The van der Waals surface area contributed by atoms with Gasteiger partial charge in [-0.25, -0.2) is 9.97 Å². The van der Waals surface area contributed by atoms with Gasteiger partial charge < -0.3 is 5.32 Å². The van der Waals surface area contributed by atoms with E-state index in [9.17, 15) is 0 Å². The molecule has 0 fully saturated rings. The van der Waals surface area contributed by atoms with Crippen LogP contribution >= 0.6 is 0 Å². The SMILES string of the molecule is Cc1nccc(CNC2CCc3cccnc32)n1. The van der Waals surface area contributed by atoms with E-state index >= 15 is 0 Å². The van der Waals surface area contributed by atoms with Crippen LogP contribution in [0.1, 0.15) is 35.2 Å². The van der Waals surface area contributed by atoms with E-state index in [1.54, 1.807) is 6.20 Å². The Labute approximate surface area is 107 Å². The van der Waals surface area contributed by atoms with Crippen LogP contribution < -0.4 is 5.32 Å². The summed E-state index contributed by atoms with van der Waals surface area (Å²) >= 11 is 0. The Bertz CT molecular complexity index is 553. The largest absolute Gasteiger partial charge is 0.303 e. The lowest BCUT2D eigenvalue weighted by atomic mass is 10.2. The predicted octanol–water partition coefficient (Wildman–Crippen LogP) is 1.96. The Morgan fingerprint density at radius 3 is 3.11 bits per heavy atom. The number of nitrogens with zero attached hydrogens (tertiary/aromatic N) is 3. The van der Waals surface area contributed by atoms with E-state index in [1.807, 2.05) is 25.3 Å². The molecule has 1 N–H and O–H groups in total. The number of rotatable bonds is 3. The summed E-state index contributed by atoms with van der Waals surface area (Å²) in [5, 5.41) is 3.53. The van der Waals surface area contributed by atoms with Gasteiger partial charge in [0.2, 0.25) is 0 Å². The molecule has 2 heterocycles. The molecule has 0 aliphatic heterocycles. The fraction of sp³-hybridized carbons (Fsp3) is 0.357. The first kappa shape index (κ1) is 11.3. The second kappa shape index (κ2) is 4.82. The van der Waals surface area contributed by atoms with Gasteiger partial charge in [-0.15, -0.1) is 0 Å². The number of aromatic nitrogens is 3. The topological polar surface area (TPSA) is 50.7 Å². The number of nitrogens with one attached hydrogen (secondary N) is 1. The zero-order valence-electron chi connectivity index (χ0n) is 10.4. The van der Waals surface area contributed by atoms with Crippen molar-refractivity contribution < 1.29 is 0 Å². The van der Waals surface area contributed by atoms with E-state index in [1.165, 1.54) is 11.3 Å². The fourth-order valence-electron chi connectivity index (χ4n) is 2.44. The van der Waals surface area contributed by atoms with Crippen molar-refractivity contribution in [3.05, 3.63) is 53.4 Å². The summed E-state index contributed by atoms with van der Waals surface area (Å²) in [6.07, 6.45) is 5.91. The number of pyridine rings is 1. The molecule has 0 saturated carbocycles. The van der Waals surface area contributed by atoms with Crippen LogP contribution in [0.3, 0.4) is 0 Å². The van der Waals surface area contributed by atoms with Crippen LogP contribution in [0.5, 0.6) is 0 Å². The molecule has 0 amide bonds. The lowest BCUT2D eigenvalue weighted by Crippen LogP contribution is -2.20. The third kappa shape index (κ3) is 2.24. The summed E-state index contributed by atoms with van der Waals surface area (Å²) in [6, 6.07) is 6.48. The maximum Gasteiger partial charge on any atom is 0.125 e. The molecule has 0 aromatic carbocycles. The molecule has 0 radical (unpaired) electrons. The Hall–Kier alpha value is -1.81. The third-order valence-electron chi connectivity index (χ3n) is 3.32. The molecule has 4 nitrogen and oxygen atoms in total. The van der Waals surface area contributed by atoms with Crippen molar-refractivity contribution in [3.8, 4) is 0 Å². The van der Waals surface area contributed by atoms with Crippen LogP contribution in [-0.2, 0) is 13.0 Å². The van der Waals surface area contributed by atoms with Crippen molar-refractivity contribution in [2.24, 2.45) is 0 Å². The van der Waals surface area contributed by atoms with Crippen LogP contribution in [0.4, 0.5) is 0 Å². The van der Waals surface area contributed by atoms with E-state index in [0.29, 0.717) is 6.04 Å². The van der Waals surface area contributed by atoms with Crippen LogP contribution in [-0.4, -0.2) is 15.0 Å². The summed E-state index contributed by atoms with van der Waals surface area (Å²) in [4.78, 5) is 13.0. The first-order valence-electron chi connectivity index (χ1n) is 6.28. The van der Waals surface area contributed by atoms with Gasteiger partial charge in [-0.3, -0.25) is 4.98 Å². The Kier molecular flexibility index (Phi) is 3.02. The average molecular weight is 240 g/mol. The summed E-state index contributed by atoms with van der Waals surface area (Å²) in [5.74, 6) is 0.819. The monoisotopic (exact) mass is 240 g/mol. The zero-order valence-corrected chi connectivity index (χ0v) is 10.4. The summed E-state index contributed by atoms with van der Waals surface area (Å²) in [6.45, 7) is 2.68. The Balaban J connectivity index is 1.69. The Morgan fingerprint density at radius 2 is 2.22 bits per heavy atom. The number of hydrogen-bond donors (Lipinski definition) is 1. The van der Waals surface area contributed by atoms with Gasteiger partial charge in [0.25, 0.3) is 0 Å². The van der Waals surface area contributed by atoms with Crippen LogP contribution in [0.2, 0.25) is 0 Å². The molecule has 1 aliphatic carbocycles. The second-order valence-corrected chi connectivity index (χ2v) is 4.62. The molecule has 2 aromatic rings. The second-order valence-electron chi connectivity index (χ2n) is 4.62. The van der Waals surface area contributed by atoms with Gasteiger partial charge in [0.1, 0.15) is 5.82 Å². The van der Waals surface area contributed by atoms with Crippen LogP contribution in [0.25, 0.3) is 0 Å². The van der Waals surface area contributed by atoms with E-state index in [0.717, 1.165) is 30.9 Å². The van der Waals surface area contributed by atoms with Gasteiger partial charge in [-0.1, -0.05) is 6.07 Å². The minimum absolute atomic E-state index is 0.358. The first-order chi connectivity index (χ1) is 8.83. The van der Waals surface area contributed by atoms with Gasteiger partial charge in [0, 0.05) is 18.9 Å². The quantitative estimate of drug-likeness (QED) is 0.891. The molecule has 2 aromatic heterocycles. The smallest absolute Gasteiger partial charge is 0.125 e. The molecule has 1 unspecified atom stereocenters. The zero-order chi connectivity index (χ0) is 12.4. The van der Waals surface area contributed by atoms with Crippen LogP contribution in [0.15, 0.2) is 30.6 Å². The van der Waals surface area contributed by atoms with Crippen molar-refractivity contribution >= 4 is 0 Å². The molecule has 18 heavy (non-hydrogen) atoms. The highest BCUT2D eigenvalue weighted by atomic mass is 15.0. The van der Waals surface area contributed by atoms with Crippen molar-refractivity contribution in [1.29, 1.82) is 0 Å². The molecule has 1 atom stereocenters. The molecule has 0 bridgehead atoms. The van der Waals surface area contributed by atoms with E-state index in [4.69, 9.17) is 0 Å². The van der Waals surface area contributed by atoms with Gasteiger partial charge >= 0.3 is 0 Å². The fourth-order valence-corrected chi connectivity index (χ4v) is 2.44. The highest BCUT2D eigenvalue weighted by Gasteiger charge is 2.22. The van der Waals surface area contributed by atoms with Gasteiger partial charge in [-0.2, -0.15) is 0 Å². The molecule has 1 aliphatic rings. The van der Waals surface area contributed by atoms with E-state index in [-0.39, 0.29) is 0 Å². The summed E-state index contributed by atoms with van der Waals surface area (Å²) in [7, 11) is 0. The highest BCUT2D eigenvalue weighted by molar-refractivity contribution is 5.27. The van der Waals surface area contributed by atoms with Crippen molar-refractivity contribution in [1.82, 2.24) is 20.3 Å². The maximum absolute atomic E-state index is 4.48. The van der Waals surface area contributed by atoms with Crippen LogP contribution in [0, 0.1) is 6.92 Å². The molecular formula is C14H16N4. The van der Waals surface area contributed by atoms with Crippen molar-refractivity contribution in [2.75, 3.05) is 0 Å². The molecule has 3 rings (SSSR count). The number of hydrogen-bond acceptors (Lipinski definition) is 4. The molecular weight excluding hydrogens is 224 g/mol. The summed E-state index contributed by atoms with van der Waals surface area (Å²) in [5.41, 5.74) is 3.60. The standard InChI is InChI=1S/C14H16N4/c1-10-15-8-6-12(18-10)9-17-13-5-4-11-3-2-7-16-14(11)13/h2-3,6-8,13,17H,4-5,9H2,1H3. The molecule has 92 valence electrons. The predicted molar refractivity (Wildman–Crippen MR) is 68.9 cm³/mol. The minimum Gasteiger partial charge on any atom is -0.303 e. The van der Waals surface area contributed by atoms with Gasteiger partial charge in [0.15, 0.2) is 0 Å². The lowest BCUT2D eigenvalue weighted by Gasteiger charge is -2.12. The maximum atomic E-state index is 4.48. The highest BCUT2D eigenvalue weighted by Crippen LogP contribution is 2.28. The average Bonchev–Trinajstić information content (AvgIpc) is 2.80. The van der Waals surface area contributed by atoms with Gasteiger partial charge in [-0.05, 0) is 37.5 Å². The normalized spacial score (nSPS) is 17.7. The molecule has 0 spiro atoms. The van der Waals surface area contributed by atoms with Gasteiger partial charge in [0.05, 0.1) is 17.4 Å². The summed E-state index contributed by atoms with van der Waals surface area (Å²) < 4.78 is 0. The molecule has 4 heteroatoms. The first-order valence-corrected chi connectivity index (χ1v) is 6.28. The number of aryl methyl sites for hydroxylation is 2. The minimum atomic E-state index is 0.358. The third-order valence-corrected chi connectivity index (χ3v) is 3.32. The van der Waals surface area contributed by atoms with E-state index < -0.39 is 0 Å². The van der Waals surface area contributed by atoms with E-state index in [2.05, 4.69) is 26.3 Å². The molecule has 0 saturated heterocycles. The number of fused-ring (bicyclic) bond motifs is 1. The Morgan fingerprint density at radius 1 is 1.28 bits per heavy atom.